The van der Waals surface area contributed by atoms with Gasteiger partial charge in [-0.15, -0.1) is 0 Å². The topological polar surface area (TPSA) is 67.4 Å². The molecule has 5 nitrogen and oxygen atoms in total. The molecule has 23 heavy (non-hydrogen) atoms. The first-order valence-corrected chi connectivity index (χ1v) is 8.28. The zero-order valence-electron chi connectivity index (χ0n) is 12.5. The zero-order valence-corrected chi connectivity index (χ0v) is 14.1. The third-order valence-electron chi connectivity index (χ3n) is 3.25. The van der Waals surface area contributed by atoms with Gasteiger partial charge >= 0.3 is 11.8 Å². The predicted octanol–water partition coefficient (Wildman–Crippen LogP) is 2.52. The monoisotopic (exact) mass is 352 g/mol. The van der Waals surface area contributed by atoms with E-state index >= 15 is 0 Å². The lowest BCUT2D eigenvalue weighted by atomic mass is 10.2. The van der Waals surface area contributed by atoms with E-state index in [1.807, 2.05) is 22.9 Å². The summed E-state index contributed by atoms with van der Waals surface area (Å²) in [5.74, 6) is -1.40. The molecule has 1 heterocycles. The van der Waals surface area contributed by atoms with Crippen LogP contribution >= 0.6 is 22.9 Å². The van der Waals surface area contributed by atoms with E-state index < -0.39 is 11.8 Å². The highest BCUT2D eigenvalue weighted by molar-refractivity contribution is 7.07. The Hall–Kier alpha value is -1.89. The maximum Gasteiger partial charge on any atom is 0.309 e. The number of benzene rings is 1. The van der Waals surface area contributed by atoms with Gasteiger partial charge in [-0.3, -0.25) is 9.59 Å². The van der Waals surface area contributed by atoms with Crippen LogP contribution in [0.5, 0.6) is 0 Å². The lowest BCUT2D eigenvalue weighted by molar-refractivity contribution is -0.139. The summed E-state index contributed by atoms with van der Waals surface area (Å²) in [6, 6.07) is 9.06. The van der Waals surface area contributed by atoms with E-state index in [2.05, 4.69) is 10.6 Å². The molecule has 1 aromatic carbocycles. The van der Waals surface area contributed by atoms with E-state index in [9.17, 15) is 9.59 Å². The summed E-state index contributed by atoms with van der Waals surface area (Å²) >= 11 is 7.54. The minimum absolute atomic E-state index is 0.199. The summed E-state index contributed by atoms with van der Waals surface area (Å²) in [7, 11) is 1.56. The number of hydrogen-bond donors (Lipinski definition) is 2. The third-order valence-corrected chi connectivity index (χ3v) is 4.32. The van der Waals surface area contributed by atoms with Crippen molar-refractivity contribution in [3.8, 4) is 0 Å². The second kappa shape index (κ2) is 8.67. The minimum atomic E-state index is -0.704. The summed E-state index contributed by atoms with van der Waals surface area (Å²) in [5.41, 5.74) is 1.72. The fourth-order valence-corrected chi connectivity index (χ4v) is 2.86. The number of amides is 2. The number of nitrogens with one attached hydrogen (secondary N) is 2. The van der Waals surface area contributed by atoms with Crippen molar-refractivity contribution < 1.29 is 14.3 Å². The average Bonchev–Trinajstić information content (AvgIpc) is 3.08. The quantitative estimate of drug-likeness (QED) is 0.785. The number of thiophene rings is 1. The van der Waals surface area contributed by atoms with Gasteiger partial charge in [0, 0.05) is 25.2 Å². The molecule has 0 saturated carbocycles. The van der Waals surface area contributed by atoms with Crippen LogP contribution in [0.3, 0.4) is 0 Å². The highest BCUT2D eigenvalue weighted by Crippen LogP contribution is 2.18. The number of halogens is 1. The Balaban J connectivity index is 1.81. The second-order valence-electron chi connectivity index (χ2n) is 4.77. The Bertz CT molecular complexity index is 661. The molecule has 1 atom stereocenters. The van der Waals surface area contributed by atoms with Crippen molar-refractivity contribution in [3.63, 3.8) is 0 Å². The van der Waals surface area contributed by atoms with E-state index in [1.165, 1.54) is 0 Å². The Morgan fingerprint density at radius 3 is 2.61 bits per heavy atom. The van der Waals surface area contributed by atoms with Crippen LogP contribution in [0, 0.1) is 0 Å². The average molecular weight is 353 g/mol. The van der Waals surface area contributed by atoms with Gasteiger partial charge in [-0.25, -0.2) is 0 Å². The van der Waals surface area contributed by atoms with Crippen molar-refractivity contribution >= 4 is 34.8 Å². The van der Waals surface area contributed by atoms with Crippen LogP contribution in [0.4, 0.5) is 0 Å². The molecule has 0 radical (unpaired) electrons. The lowest BCUT2D eigenvalue weighted by Gasteiger charge is -2.14. The predicted molar refractivity (Wildman–Crippen MR) is 90.4 cm³/mol. The van der Waals surface area contributed by atoms with Gasteiger partial charge in [0.05, 0.1) is 0 Å². The highest BCUT2D eigenvalue weighted by atomic mass is 35.5. The van der Waals surface area contributed by atoms with Crippen LogP contribution in [0.15, 0.2) is 41.1 Å². The summed E-state index contributed by atoms with van der Waals surface area (Å²) < 4.78 is 5.31. The van der Waals surface area contributed by atoms with E-state index in [4.69, 9.17) is 16.3 Å². The Kier molecular flexibility index (Phi) is 6.58. The third kappa shape index (κ3) is 5.06. The molecule has 1 unspecified atom stereocenters. The van der Waals surface area contributed by atoms with Crippen LogP contribution in [0.1, 0.15) is 17.2 Å². The molecule has 0 aliphatic rings. The Labute approximate surface area is 143 Å². The Morgan fingerprint density at radius 2 is 1.96 bits per heavy atom. The highest BCUT2D eigenvalue weighted by Gasteiger charge is 2.17. The molecule has 0 bridgehead atoms. The SMILES string of the molecule is COC(CNC(=O)C(=O)NCc1ccccc1Cl)c1ccsc1. The van der Waals surface area contributed by atoms with E-state index in [-0.39, 0.29) is 19.2 Å². The van der Waals surface area contributed by atoms with Crippen molar-refractivity contribution in [2.75, 3.05) is 13.7 Å². The molecule has 0 spiro atoms. The van der Waals surface area contributed by atoms with Crippen LogP contribution < -0.4 is 10.6 Å². The van der Waals surface area contributed by atoms with E-state index in [0.29, 0.717) is 5.02 Å². The molecule has 0 aliphatic carbocycles. The van der Waals surface area contributed by atoms with Crippen molar-refractivity contribution in [2.24, 2.45) is 0 Å². The first kappa shape index (κ1) is 17.5. The molecular weight excluding hydrogens is 336 g/mol. The molecule has 2 aromatic rings. The first-order valence-electron chi connectivity index (χ1n) is 6.96. The molecule has 1 aromatic heterocycles. The van der Waals surface area contributed by atoms with Crippen molar-refractivity contribution in [2.45, 2.75) is 12.6 Å². The molecule has 2 N–H and O–H groups in total. The van der Waals surface area contributed by atoms with Gasteiger partial charge in [-0.05, 0) is 34.0 Å². The zero-order chi connectivity index (χ0) is 16.7. The Morgan fingerprint density at radius 1 is 1.22 bits per heavy atom. The van der Waals surface area contributed by atoms with Crippen LogP contribution in [-0.4, -0.2) is 25.5 Å². The van der Waals surface area contributed by atoms with Crippen molar-refractivity contribution in [3.05, 3.63) is 57.2 Å². The van der Waals surface area contributed by atoms with Gasteiger partial charge < -0.3 is 15.4 Å². The minimum Gasteiger partial charge on any atom is -0.375 e. The molecular formula is C16H17ClN2O3S. The number of carbonyl (C=O) groups is 2. The van der Waals surface area contributed by atoms with Gasteiger partial charge in [-0.1, -0.05) is 29.8 Å². The number of rotatable bonds is 6. The van der Waals surface area contributed by atoms with Gasteiger partial charge in [0.2, 0.25) is 0 Å². The fraction of sp³-hybridized carbons (Fsp3) is 0.250. The molecule has 2 amide bonds. The molecule has 0 fully saturated rings. The summed E-state index contributed by atoms with van der Waals surface area (Å²) in [4.78, 5) is 23.6. The molecule has 0 saturated heterocycles. The maximum atomic E-state index is 11.8. The van der Waals surface area contributed by atoms with E-state index in [0.717, 1.165) is 11.1 Å². The first-order chi connectivity index (χ1) is 11.1. The number of ether oxygens (including phenoxy) is 1. The number of methoxy groups -OCH3 is 1. The summed E-state index contributed by atoms with van der Waals surface area (Å²) in [5, 5.41) is 9.53. The van der Waals surface area contributed by atoms with Gasteiger partial charge in [0.1, 0.15) is 6.10 Å². The molecule has 122 valence electrons. The second-order valence-corrected chi connectivity index (χ2v) is 5.95. The summed E-state index contributed by atoms with van der Waals surface area (Å²) in [6.07, 6.45) is -0.276. The smallest absolute Gasteiger partial charge is 0.309 e. The van der Waals surface area contributed by atoms with Gasteiger partial charge in [0.15, 0.2) is 0 Å². The van der Waals surface area contributed by atoms with Crippen LogP contribution in [0.2, 0.25) is 5.02 Å². The van der Waals surface area contributed by atoms with Crippen LogP contribution in [0.25, 0.3) is 0 Å². The molecule has 7 heteroatoms. The van der Waals surface area contributed by atoms with Crippen molar-refractivity contribution in [1.82, 2.24) is 10.6 Å². The molecule has 0 aliphatic heterocycles. The normalized spacial score (nSPS) is 11.7. The largest absolute Gasteiger partial charge is 0.375 e. The fourth-order valence-electron chi connectivity index (χ4n) is 1.96. The van der Waals surface area contributed by atoms with Crippen LogP contribution in [-0.2, 0) is 20.9 Å². The lowest BCUT2D eigenvalue weighted by Crippen LogP contribution is -2.41. The number of hydrogen-bond acceptors (Lipinski definition) is 4. The summed E-state index contributed by atoms with van der Waals surface area (Å²) in [6.45, 7) is 0.426. The van der Waals surface area contributed by atoms with Crippen molar-refractivity contribution in [1.29, 1.82) is 0 Å². The van der Waals surface area contributed by atoms with Gasteiger partial charge in [0.25, 0.3) is 0 Å². The standard InChI is InChI=1S/C16H17ClN2O3S/c1-22-14(12-6-7-23-10-12)9-19-16(21)15(20)18-8-11-4-2-3-5-13(11)17/h2-7,10,14H,8-9H2,1H3,(H,18,20)(H,19,21). The molecule has 2 rings (SSSR count). The maximum absolute atomic E-state index is 11.8. The van der Waals surface area contributed by atoms with Gasteiger partial charge in [-0.2, -0.15) is 11.3 Å². The van der Waals surface area contributed by atoms with E-state index in [1.54, 1.807) is 36.6 Å². The number of carbonyl (C=O) groups excluding carboxylic acids is 2.